The standard InChI is InChI=1S/C22H19ClN4O2/c23-18-9-5-4-8-17(18)15-27-20(12-13-25-27)26-21(28)10-11-22-24-14-19(29-22)16-6-2-1-3-7-16/h1-9,12-14H,10-11,15H2,(H,26,28). The second kappa shape index (κ2) is 8.75. The molecule has 4 rings (SSSR count). The number of oxazole rings is 1. The summed E-state index contributed by atoms with van der Waals surface area (Å²) in [7, 11) is 0. The summed E-state index contributed by atoms with van der Waals surface area (Å²) in [6.07, 6.45) is 4.00. The maximum Gasteiger partial charge on any atom is 0.226 e. The van der Waals surface area contributed by atoms with E-state index in [9.17, 15) is 4.79 Å². The summed E-state index contributed by atoms with van der Waals surface area (Å²) >= 11 is 6.22. The first kappa shape index (κ1) is 19.0. The van der Waals surface area contributed by atoms with E-state index in [0.717, 1.165) is 11.1 Å². The molecule has 0 saturated heterocycles. The molecule has 0 unspecified atom stereocenters. The third-order valence-corrected chi connectivity index (χ3v) is 4.81. The zero-order valence-electron chi connectivity index (χ0n) is 15.6. The van der Waals surface area contributed by atoms with Gasteiger partial charge >= 0.3 is 0 Å². The molecular weight excluding hydrogens is 388 g/mol. The Morgan fingerprint density at radius 3 is 2.69 bits per heavy atom. The van der Waals surface area contributed by atoms with Crippen molar-refractivity contribution in [1.29, 1.82) is 0 Å². The van der Waals surface area contributed by atoms with Crippen LogP contribution in [0.25, 0.3) is 11.3 Å². The number of hydrogen-bond donors (Lipinski definition) is 1. The Morgan fingerprint density at radius 2 is 1.86 bits per heavy atom. The third kappa shape index (κ3) is 4.73. The molecule has 0 aliphatic rings. The molecule has 0 saturated carbocycles. The molecule has 0 aliphatic heterocycles. The second-order valence-electron chi connectivity index (χ2n) is 6.50. The molecule has 4 aromatic rings. The summed E-state index contributed by atoms with van der Waals surface area (Å²) in [5.74, 6) is 1.71. The van der Waals surface area contributed by atoms with Gasteiger partial charge in [0.1, 0.15) is 5.82 Å². The van der Waals surface area contributed by atoms with Gasteiger partial charge in [-0.15, -0.1) is 0 Å². The summed E-state index contributed by atoms with van der Waals surface area (Å²) in [4.78, 5) is 16.7. The number of anilines is 1. The lowest BCUT2D eigenvalue weighted by atomic mass is 10.2. The van der Waals surface area contributed by atoms with Gasteiger partial charge in [-0.05, 0) is 11.6 Å². The van der Waals surface area contributed by atoms with Crippen molar-refractivity contribution >= 4 is 23.3 Å². The van der Waals surface area contributed by atoms with E-state index in [1.165, 1.54) is 0 Å². The molecule has 6 nitrogen and oxygen atoms in total. The molecule has 0 bridgehead atoms. The van der Waals surface area contributed by atoms with Gasteiger partial charge in [-0.25, -0.2) is 9.67 Å². The SMILES string of the molecule is O=C(CCc1ncc(-c2ccccc2)o1)Nc1ccnn1Cc1ccccc1Cl. The van der Waals surface area contributed by atoms with E-state index in [2.05, 4.69) is 15.4 Å². The minimum absolute atomic E-state index is 0.134. The number of carbonyl (C=O) groups excluding carboxylic acids is 1. The molecule has 1 N–H and O–H groups in total. The molecular formula is C22H19ClN4O2. The molecule has 0 atom stereocenters. The van der Waals surface area contributed by atoms with Crippen molar-refractivity contribution in [2.45, 2.75) is 19.4 Å². The maximum atomic E-state index is 12.4. The summed E-state index contributed by atoms with van der Waals surface area (Å²) in [6.45, 7) is 0.475. The van der Waals surface area contributed by atoms with Crippen LogP contribution in [-0.2, 0) is 17.8 Å². The molecule has 2 aromatic heterocycles. The molecule has 2 heterocycles. The lowest BCUT2D eigenvalue weighted by molar-refractivity contribution is -0.116. The summed E-state index contributed by atoms with van der Waals surface area (Å²) in [5.41, 5.74) is 1.89. The van der Waals surface area contributed by atoms with Gasteiger partial charge in [0.15, 0.2) is 11.7 Å². The highest BCUT2D eigenvalue weighted by Gasteiger charge is 2.12. The zero-order valence-corrected chi connectivity index (χ0v) is 16.3. The number of carbonyl (C=O) groups is 1. The Hall–Kier alpha value is -3.38. The highest BCUT2D eigenvalue weighted by molar-refractivity contribution is 6.31. The van der Waals surface area contributed by atoms with E-state index in [4.69, 9.17) is 16.0 Å². The van der Waals surface area contributed by atoms with E-state index < -0.39 is 0 Å². The van der Waals surface area contributed by atoms with Gasteiger partial charge in [0.2, 0.25) is 5.91 Å². The quantitative estimate of drug-likeness (QED) is 0.478. The highest BCUT2D eigenvalue weighted by atomic mass is 35.5. The van der Waals surface area contributed by atoms with Gasteiger partial charge in [-0.1, -0.05) is 60.1 Å². The molecule has 0 radical (unpaired) electrons. The van der Waals surface area contributed by atoms with Crippen molar-refractivity contribution in [1.82, 2.24) is 14.8 Å². The van der Waals surface area contributed by atoms with Gasteiger partial charge in [0.25, 0.3) is 0 Å². The van der Waals surface area contributed by atoms with E-state index in [1.807, 2.05) is 54.6 Å². The van der Waals surface area contributed by atoms with E-state index >= 15 is 0 Å². The van der Waals surface area contributed by atoms with Crippen LogP contribution in [0, 0.1) is 0 Å². The van der Waals surface area contributed by atoms with Crippen LogP contribution in [-0.4, -0.2) is 20.7 Å². The first-order chi connectivity index (χ1) is 14.2. The fraction of sp³-hybridized carbons (Fsp3) is 0.136. The Bertz CT molecular complexity index is 1100. The van der Waals surface area contributed by atoms with Crippen LogP contribution in [0.4, 0.5) is 5.82 Å². The maximum absolute atomic E-state index is 12.4. The van der Waals surface area contributed by atoms with Crippen LogP contribution in [0.1, 0.15) is 17.9 Å². The smallest absolute Gasteiger partial charge is 0.226 e. The first-order valence-electron chi connectivity index (χ1n) is 9.24. The Balaban J connectivity index is 1.35. The minimum Gasteiger partial charge on any atom is -0.441 e. The normalized spacial score (nSPS) is 10.8. The Morgan fingerprint density at radius 1 is 1.07 bits per heavy atom. The van der Waals surface area contributed by atoms with Gasteiger partial charge in [0.05, 0.1) is 18.9 Å². The molecule has 7 heteroatoms. The summed E-state index contributed by atoms with van der Waals surface area (Å²) in [5, 5.41) is 7.83. The van der Waals surface area contributed by atoms with E-state index in [0.29, 0.717) is 35.5 Å². The molecule has 0 aliphatic carbocycles. The van der Waals surface area contributed by atoms with Crippen LogP contribution in [0.3, 0.4) is 0 Å². The number of amides is 1. The zero-order chi connectivity index (χ0) is 20.1. The number of rotatable bonds is 7. The fourth-order valence-corrected chi connectivity index (χ4v) is 3.14. The second-order valence-corrected chi connectivity index (χ2v) is 6.91. The third-order valence-electron chi connectivity index (χ3n) is 4.44. The van der Waals surface area contributed by atoms with Gasteiger partial charge < -0.3 is 9.73 Å². The van der Waals surface area contributed by atoms with Crippen LogP contribution in [0.5, 0.6) is 0 Å². The van der Waals surface area contributed by atoms with Crippen molar-refractivity contribution in [2.24, 2.45) is 0 Å². The predicted octanol–water partition coefficient (Wildman–Crippen LogP) is 4.81. The molecule has 146 valence electrons. The van der Waals surface area contributed by atoms with Crippen molar-refractivity contribution in [3.8, 4) is 11.3 Å². The number of halogens is 1. The molecule has 0 fully saturated rings. The van der Waals surface area contributed by atoms with Crippen molar-refractivity contribution < 1.29 is 9.21 Å². The number of hydrogen-bond acceptors (Lipinski definition) is 4. The largest absolute Gasteiger partial charge is 0.441 e. The monoisotopic (exact) mass is 406 g/mol. The summed E-state index contributed by atoms with van der Waals surface area (Å²) in [6, 6.07) is 19.1. The van der Waals surface area contributed by atoms with Gasteiger partial charge in [-0.3, -0.25) is 4.79 Å². The fourth-order valence-electron chi connectivity index (χ4n) is 2.94. The molecule has 1 amide bonds. The topological polar surface area (TPSA) is 73.0 Å². The lowest BCUT2D eigenvalue weighted by Gasteiger charge is -2.10. The average Bonchev–Trinajstić information content (AvgIpc) is 3.39. The molecule has 2 aromatic carbocycles. The van der Waals surface area contributed by atoms with E-state index in [-0.39, 0.29) is 12.3 Å². The highest BCUT2D eigenvalue weighted by Crippen LogP contribution is 2.21. The first-order valence-corrected chi connectivity index (χ1v) is 9.62. The van der Waals surface area contributed by atoms with E-state index in [1.54, 1.807) is 23.1 Å². The Kier molecular flexibility index (Phi) is 5.72. The minimum atomic E-state index is -0.134. The predicted molar refractivity (Wildman–Crippen MR) is 112 cm³/mol. The Labute approximate surface area is 173 Å². The number of nitrogens with zero attached hydrogens (tertiary/aromatic N) is 3. The van der Waals surface area contributed by atoms with Crippen molar-refractivity contribution in [2.75, 3.05) is 5.32 Å². The van der Waals surface area contributed by atoms with Crippen LogP contribution >= 0.6 is 11.6 Å². The summed E-state index contributed by atoms with van der Waals surface area (Å²) < 4.78 is 7.45. The van der Waals surface area contributed by atoms with Crippen molar-refractivity contribution in [3.63, 3.8) is 0 Å². The van der Waals surface area contributed by atoms with Crippen LogP contribution in [0.2, 0.25) is 5.02 Å². The molecule has 0 spiro atoms. The number of nitrogens with one attached hydrogen (secondary N) is 1. The molecule has 29 heavy (non-hydrogen) atoms. The van der Waals surface area contributed by atoms with Crippen LogP contribution < -0.4 is 5.32 Å². The lowest BCUT2D eigenvalue weighted by Crippen LogP contribution is -2.16. The number of aryl methyl sites for hydroxylation is 1. The van der Waals surface area contributed by atoms with Crippen molar-refractivity contribution in [3.05, 3.63) is 89.5 Å². The van der Waals surface area contributed by atoms with Gasteiger partial charge in [0, 0.05) is 29.5 Å². The average molecular weight is 407 g/mol. The van der Waals surface area contributed by atoms with Gasteiger partial charge in [-0.2, -0.15) is 5.10 Å². The van der Waals surface area contributed by atoms with Crippen LogP contribution in [0.15, 0.2) is 77.5 Å². The number of aromatic nitrogens is 3. The number of benzene rings is 2.